The van der Waals surface area contributed by atoms with Crippen LogP contribution in [-0.4, -0.2) is 24.1 Å². The Balaban J connectivity index is 2.01. The van der Waals surface area contributed by atoms with Crippen LogP contribution in [0.3, 0.4) is 0 Å². The van der Waals surface area contributed by atoms with Gasteiger partial charge in [0.25, 0.3) is 0 Å². The third-order valence-corrected chi connectivity index (χ3v) is 2.48. The quantitative estimate of drug-likeness (QED) is 0.805. The van der Waals surface area contributed by atoms with Gasteiger partial charge in [0.1, 0.15) is 6.61 Å². The zero-order chi connectivity index (χ0) is 10.7. The Bertz CT molecular complexity index is 348. The second kappa shape index (κ2) is 4.31. The number of carbonyl (C=O) groups excluding carboxylic acids is 1. The van der Waals surface area contributed by atoms with Crippen LogP contribution in [-0.2, 0) is 17.8 Å². The number of ether oxygens (including phenoxy) is 1. The predicted molar refractivity (Wildman–Crippen MR) is 56.1 cm³/mol. The third-order valence-electron chi connectivity index (χ3n) is 2.48. The van der Waals surface area contributed by atoms with Crippen molar-refractivity contribution in [2.45, 2.75) is 13.1 Å². The van der Waals surface area contributed by atoms with Gasteiger partial charge in [0, 0.05) is 13.1 Å². The van der Waals surface area contributed by atoms with E-state index in [4.69, 9.17) is 10.5 Å². The molecule has 0 saturated carbocycles. The molecule has 1 aliphatic rings. The van der Waals surface area contributed by atoms with Crippen molar-refractivity contribution in [2.75, 3.05) is 13.2 Å². The van der Waals surface area contributed by atoms with Crippen LogP contribution in [0.25, 0.3) is 0 Å². The molecular formula is C11H14N2O2. The number of benzene rings is 1. The van der Waals surface area contributed by atoms with Crippen molar-refractivity contribution in [1.29, 1.82) is 0 Å². The fraction of sp³-hybridized carbons (Fsp3) is 0.364. The molecule has 0 aromatic heterocycles. The molecule has 0 radical (unpaired) electrons. The zero-order valence-corrected chi connectivity index (χ0v) is 8.48. The van der Waals surface area contributed by atoms with Gasteiger partial charge in [-0.1, -0.05) is 24.3 Å². The first-order valence-electron chi connectivity index (χ1n) is 4.99. The Labute approximate surface area is 88.6 Å². The highest BCUT2D eigenvalue weighted by atomic mass is 16.6. The summed E-state index contributed by atoms with van der Waals surface area (Å²) in [5.41, 5.74) is 7.70. The molecule has 1 aromatic rings. The summed E-state index contributed by atoms with van der Waals surface area (Å²) < 4.78 is 4.85. The number of carbonyl (C=O) groups is 1. The first kappa shape index (κ1) is 9.98. The molecular weight excluding hydrogens is 192 g/mol. The number of amides is 1. The van der Waals surface area contributed by atoms with Crippen LogP contribution in [0, 0.1) is 0 Å². The maximum absolute atomic E-state index is 11.2. The summed E-state index contributed by atoms with van der Waals surface area (Å²) in [5, 5.41) is 0. The van der Waals surface area contributed by atoms with Crippen LogP contribution >= 0.6 is 0 Å². The number of rotatable bonds is 3. The Morgan fingerprint density at radius 3 is 2.47 bits per heavy atom. The highest BCUT2D eigenvalue weighted by Crippen LogP contribution is 2.11. The molecule has 2 rings (SSSR count). The number of nitrogens with zero attached hydrogens (tertiary/aromatic N) is 1. The summed E-state index contributed by atoms with van der Waals surface area (Å²) in [5.74, 6) is 0. The molecule has 4 nitrogen and oxygen atoms in total. The minimum Gasteiger partial charge on any atom is -0.448 e. The van der Waals surface area contributed by atoms with Crippen molar-refractivity contribution in [1.82, 2.24) is 4.90 Å². The summed E-state index contributed by atoms with van der Waals surface area (Å²) in [6, 6.07) is 7.95. The second-order valence-electron chi connectivity index (χ2n) is 3.56. The summed E-state index contributed by atoms with van der Waals surface area (Å²) in [4.78, 5) is 12.9. The number of nitrogens with two attached hydrogens (primary N) is 1. The van der Waals surface area contributed by atoms with E-state index in [1.807, 2.05) is 24.3 Å². The predicted octanol–water partition coefficient (Wildman–Crippen LogP) is 1.10. The fourth-order valence-corrected chi connectivity index (χ4v) is 1.57. The molecule has 0 aliphatic carbocycles. The van der Waals surface area contributed by atoms with Crippen LogP contribution in [0.4, 0.5) is 4.79 Å². The van der Waals surface area contributed by atoms with E-state index in [-0.39, 0.29) is 6.09 Å². The molecule has 15 heavy (non-hydrogen) atoms. The van der Waals surface area contributed by atoms with Gasteiger partial charge in [0.2, 0.25) is 0 Å². The van der Waals surface area contributed by atoms with Gasteiger partial charge in [-0.2, -0.15) is 0 Å². The summed E-state index contributed by atoms with van der Waals surface area (Å²) in [6.07, 6.45) is -0.224. The molecule has 80 valence electrons. The van der Waals surface area contributed by atoms with Crippen LogP contribution < -0.4 is 5.73 Å². The van der Waals surface area contributed by atoms with Crippen molar-refractivity contribution in [3.63, 3.8) is 0 Å². The van der Waals surface area contributed by atoms with Gasteiger partial charge in [-0.3, -0.25) is 0 Å². The molecule has 1 fully saturated rings. The van der Waals surface area contributed by atoms with Crippen molar-refractivity contribution < 1.29 is 9.53 Å². The van der Waals surface area contributed by atoms with Gasteiger partial charge in [-0.15, -0.1) is 0 Å². The average Bonchev–Trinajstić information content (AvgIpc) is 2.66. The lowest BCUT2D eigenvalue weighted by Crippen LogP contribution is -2.23. The molecule has 0 atom stereocenters. The fourth-order valence-electron chi connectivity index (χ4n) is 1.57. The molecule has 1 amide bonds. The molecule has 0 unspecified atom stereocenters. The van der Waals surface area contributed by atoms with Gasteiger partial charge in [-0.05, 0) is 11.1 Å². The van der Waals surface area contributed by atoms with Gasteiger partial charge >= 0.3 is 6.09 Å². The first-order valence-corrected chi connectivity index (χ1v) is 4.99. The summed E-state index contributed by atoms with van der Waals surface area (Å²) in [7, 11) is 0. The molecule has 0 spiro atoms. The maximum atomic E-state index is 11.2. The molecule has 1 heterocycles. The van der Waals surface area contributed by atoms with E-state index in [9.17, 15) is 4.79 Å². The lowest BCUT2D eigenvalue weighted by Gasteiger charge is -2.12. The molecule has 0 bridgehead atoms. The van der Waals surface area contributed by atoms with Crippen molar-refractivity contribution >= 4 is 6.09 Å². The van der Waals surface area contributed by atoms with E-state index in [2.05, 4.69) is 0 Å². The largest absolute Gasteiger partial charge is 0.448 e. The van der Waals surface area contributed by atoms with Gasteiger partial charge in [0.05, 0.1) is 6.54 Å². The molecule has 1 aromatic carbocycles. The van der Waals surface area contributed by atoms with Crippen molar-refractivity contribution in [2.24, 2.45) is 5.73 Å². The normalized spacial score (nSPS) is 15.5. The van der Waals surface area contributed by atoms with Gasteiger partial charge in [-0.25, -0.2) is 4.79 Å². The average molecular weight is 206 g/mol. The molecule has 1 saturated heterocycles. The topological polar surface area (TPSA) is 55.6 Å². The van der Waals surface area contributed by atoms with Crippen LogP contribution in [0.5, 0.6) is 0 Å². The zero-order valence-electron chi connectivity index (χ0n) is 8.48. The summed E-state index contributed by atoms with van der Waals surface area (Å²) >= 11 is 0. The monoisotopic (exact) mass is 206 g/mol. The SMILES string of the molecule is NCc1ccc(CN2CCOC2=O)cc1. The van der Waals surface area contributed by atoms with Gasteiger partial charge < -0.3 is 15.4 Å². The van der Waals surface area contributed by atoms with Crippen LogP contribution in [0.2, 0.25) is 0 Å². The van der Waals surface area contributed by atoms with E-state index >= 15 is 0 Å². The van der Waals surface area contributed by atoms with Crippen molar-refractivity contribution in [3.05, 3.63) is 35.4 Å². The Morgan fingerprint density at radius 1 is 1.27 bits per heavy atom. The molecule has 2 N–H and O–H groups in total. The van der Waals surface area contributed by atoms with Crippen LogP contribution in [0.15, 0.2) is 24.3 Å². The smallest absolute Gasteiger partial charge is 0.410 e. The highest BCUT2D eigenvalue weighted by Gasteiger charge is 2.21. The number of hydrogen-bond donors (Lipinski definition) is 1. The second-order valence-corrected chi connectivity index (χ2v) is 3.56. The molecule has 1 aliphatic heterocycles. The summed E-state index contributed by atoms with van der Waals surface area (Å²) in [6.45, 7) is 2.34. The Kier molecular flexibility index (Phi) is 2.87. The van der Waals surface area contributed by atoms with E-state index in [1.165, 1.54) is 0 Å². The van der Waals surface area contributed by atoms with E-state index < -0.39 is 0 Å². The van der Waals surface area contributed by atoms with Crippen molar-refractivity contribution in [3.8, 4) is 0 Å². The number of hydrogen-bond acceptors (Lipinski definition) is 3. The number of cyclic esters (lactones) is 1. The Hall–Kier alpha value is -1.55. The Morgan fingerprint density at radius 2 is 1.93 bits per heavy atom. The highest BCUT2D eigenvalue weighted by molar-refractivity contribution is 5.69. The van der Waals surface area contributed by atoms with E-state index in [0.717, 1.165) is 11.1 Å². The maximum Gasteiger partial charge on any atom is 0.410 e. The standard InChI is InChI=1S/C11H14N2O2/c12-7-9-1-3-10(4-2-9)8-13-5-6-15-11(13)14/h1-4H,5-8,12H2. The third kappa shape index (κ3) is 2.27. The van der Waals surface area contributed by atoms with E-state index in [0.29, 0.717) is 26.2 Å². The minimum absolute atomic E-state index is 0.224. The van der Waals surface area contributed by atoms with E-state index in [1.54, 1.807) is 4.90 Å². The minimum atomic E-state index is -0.224. The molecule has 4 heteroatoms. The van der Waals surface area contributed by atoms with Gasteiger partial charge in [0.15, 0.2) is 0 Å². The lowest BCUT2D eigenvalue weighted by atomic mass is 10.1. The first-order chi connectivity index (χ1) is 7.29. The lowest BCUT2D eigenvalue weighted by molar-refractivity contribution is 0.157. The van der Waals surface area contributed by atoms with Crippen LogP contribution in [0.1, 0.15) is 11.1 Å².